The Morgan fingerprint density at radius 2 is 1.48 bits per heavy atom. The van der Waals surface area contributed by atoms with Gasteiger partial charge in [0.15, 0.2) is 0 Å². The molecule has 3 saturated carbocycles. The highest BCUT2D eigenvalue weighted by Crippen LogP contribution is 2.70. The molecule has 0 heteroatoms. The van der Waals surface area contributed by atoms with Gasteiger partial charge < -0.3 is 0 Å². The predicted octanol–water partition coefficient (Wildman–Crippen LogP) is 7.04. The van der Waals surface area contributed by atoms with E-state index in [-0.39, 0.29) is 0 Å². The van der Waals surface area contributed by atoms with Crippen LogP contribution in [0.25, 0.3) is 0 Å². The summed E-state index contributed by atoms with van der Waals surface area (Å²) in [5.74, 6) is 8.04. The van der Waals surface area contributed by atoms with E-state index in [2.05, 4.69) is 55.4 Å². The van der Waals surface area contributed by atoms with E-state index in [1.54, 1.807) is 6.42 Å². The summed E-state index contributed by atoms with van der Waals surface area (Å²) in [7, 11) is 0. The summed E-state index contributed by atoms with van der Waals surface area (Å²) in [4.78, 5) is 0. The van der Waals surface area contributed by atoms with E-state index in [0.717, 1.165) is 47.3 Å². The summed E-state index contributed by atoms with van der Waals surface area (Å²) < 4.78 is 0. The molecule has 23 heavy (non-hydrogen) atoms. The molecule has 0 radical (unpaired) electrons. The maximum Gasteiger partial charge on any atom is -0.0266 e. The first-order valence-electron chi connectivity index (χ1n) is 10.6. The van der Waals surface area contributed by atoms with Crippen LogP contribution in [0.15, 0.2) is 0 Å². The molecular weight excluding hydrogens is 276 g/mol. The number of rotatable bonds is 6. The average molecular weight is 319 g/mol. The standard InChI is InChI=1S/C23H42/c1-14(2)19-12-18(16(19)4)13-20-15(3)11-17(20)9-10-21-22(5,6)23(21,7)8/h14-21H,9-13H2,1-8H3. The van der Waals surface area contributed by atoms with E-state index in [1.807, 2.05) is 0 Å². The molecule has 0 amide bonds. The normalized spacial score (nSPS) is 44.7. The molecule has 6 unspecified atom stereocenters. The van der Waals surface area contributed by atoms with Crippen LogP contribution in [0, 0.1) is 58.2 Å². The molecule has 0 nitrogen and oxygen atoms in total. The fourth-order valence-corrected chi connectivity index (χ4v) is 6.76. The molecule has 3 fully saturated rings. The van der Waals surface area contributed by atoms with Gasteiger partial charge in [-0.2, -0.15) is 0 Å². The molecule has 3 aliphatic rings. The van der Waals surface area contributed by atoms with Crippen molar-refractivity contribution in [2.45, 2.75) is 87.5 Å². The molecule has 0 bridgehead atoms. The van der Waals surface area contributed by atoms with Gasteiger partial charge >= 0.3 is 0 Å². The van der Waals surface area contributed by atoms with Crippen molar-refractivity contribution in [1.29, 1.82) is 0 Å². The molecule has 3 rings (SSSR count). The minimum atomic E-state index is 0.588. The zero-order chi connectivity index (χ0) is 17.2. The SMILES string of the molecule is CC(C)C1CC(CC2C(C)CC2CCC2C(C)(C)C2(C)C)C1C. The lowest BCUT2D eigenvalue weighted by molar-refractivity contribution is -0.0209. The Bertz CT molecular complexity index is 415. The molecular formula is C23H42. The van der Waals surface area contributed by atoms with Crippen LogP contribution in [0.4, 0.5) is 0 Å². The van der Waals surface area contributed by atoms with Gasteiger partial charge in [-0.1, -0.05) is 55.4 Å². The highest BCUT2D eigenvalue weighted by atomic mass is 14.7. The van der Waals surface area contributed by atoms with Gasteiger partial charge in [-0.15, -0.1) is 0 Å². The lowest BCUT2D eigenvalue weighted by atomic mass is 9.54. The third-order valence-corrected chi connectivity index (χ3v) is 9.58. The Morgan fingerprint density at radius 1 is 0.870 bits per heavy atom. The Kier molecular flexibility index (Phi) is 4.47. The third kappa shape index (κ3) is 2.81. The van der Waals surface area contributed by atoms with Crippen LogP contribution in [-0.2, 0) is 0 Å². The summed E-state index contributed by atoms with van der Waals surface area (Å²) in [5.41, 5.74) is 1.18. The highest BCUT2D eigenvalue weighted by molar-refractivity contribution is 5.12. The second kappa shape index (κ2) is 5.77. The van der Waals surface area contributed by atoms with E-state index in [0.29, 0.717) is 10.8 Å². The number of hydrogen-bond acceptors (Lipinski definition) is 0. The highest BCUT2D eigenvalue weighted by Gasteiger charge is 2.63. The van der Waals surface area contributed by atoms with E-state index in [1.165, 1.54) is 25.7 Å². The molecule has 0 aromatic rings. The topological polar surface area (TPSA) is 0 Å². The molecule has 134 valence electrons. The van der Waals surface area contributed by atoms with Crippen molar-refractivity contribution in [2.75, 3.05) is 0 Å². The molecule has 0 N–H and O–H groups in total. The average Bonchev–Trinajstić information content (AvgIpc) is 2.82. The van der Waals surface area contributed by atoms with Crippen LogP contribution < -0.4 is 0 Å². The van der Waals surface area contributed by atoms with E-state index < -0.39 is 0 Å². The molecule has 0 aliphatic heterocycles. The zero-order valence-corrected chi connectivity index (χ0v) is 17.2. The van der Waals surface area contributed by atoms with Gasteiger partial charge in [0.25, 0.3) is 0 Å². The van der Waals surface area contributed by atoms with E-state index in [4.69, 9.17) is 0 Å². The van der Waals surface area contributed by atoms with Gasteiger partial charge in [0.2, 0.25) is 0 Å². The molecule has 0 aromatic carbocycles. The molecule has 0 aromatic heterocycles. The lowest BCUT2D eigenvalue weighted by Gasteiger charge is -2.52. The molecule has 0 heterocycles. The van der Waals surface area contributed by atoms with Crippen molar-refractivity contribution in [3.63, 3.8) is 0 Å². The van der Waals surface area contributed by atoms with Crippen LogP contribution in [0.3, 0.4) is 0 Å². The Hall–Kier alpha value is 0. The van der Waals surface area contributed by atoms with Crippen molar-refractivity contribution >= 4 is 0 Å². The summed E-state index contributed by atoms with van der Waals surface area (Å²) >= 11 is 0. The third-order valence-electron chi connectivity index (χ3n) is 9.58. The van der Waals surface area contributed by atoms with Crippen molar-refractivity contribution in [1.82, 2.24) is 0 Å². The van der Waals surface area contributed by atoms with Crippen LogP contribution in [0.2, 0.25) is 0 Å². The first kappa shape index (κ1) is 17.8. The van der Waals surface area contributed by atoms with Crippen LogP contribution in [-0.4, -0.2) is 0 Å². The Morgan fingerprint density at radius 3 is 1.91 bits per heavy atom. The second-order valence-electron chi connectivity index (χ2n) is 11.2. The predicted molar refractivity (Wildman–Crippen MR) is 101 cm³/mol. The fraction of sp³-hybridized carbons (Fsp3) is 1.00. The van der Waals surface area contributed by atoms with Gasteiger partial charge in [0.05, 0.1) is 0 Å². The Balaban J connectivity index is 1.46. The first-order valence-corrected chi connectivity index (χ1v) is 10.6. The van der Waals surface area contributed by atoms with Gasteiger partial charge in [0, 0.05) is 0 Å². The minimum absolute atomic E-state index is 0.588. The van der Waals surface area contributed by atoms with E-state index in [9.17, 15) is 0 Å². The minimum Gasteiger partial charge on any atom is -0.0625 e. The summed E-state index contributed by atoms with van der Waals surface area (Å²) in [6.45, 7) is 19.8. The van der Waals surface area contributed by atoms with E-state index >= 15 is 0 Å². The van der Waals surface area contributed by atoms with Crippen LogP contribution in [0.5, 0.6) is 0 Å². The molecule has 0 spiro atoms. The van der Waals surface area contributed by atoms with Gasteiger partial charge in [0.1, 0.15) is 0 Å². The van der Waals surface area contributed by atoms with Crippen molar-refractivity contribution in [3.8, 4) is 0 Å². The number of hydrogen-bond donors (Lipinski definition) is 0. The van der Waals surface area contributed by atoms with Crippen molar-refractivity contribution in [2.24, 2.45) is 58.2 Å². The molecule has 6 atom stereocenters. The van der Waals surface area contributed by atoms with Gasteiger partial charge in [-0.05, 0) is 90.3 Å². The Labute approximate surface area is 146 Å². The van der Waals surface area contributed by atoms with Gasteiger partial charge in [-0.3, -0.25) is 0 Å². The summed E-state index contributed by atoms with van der Waals surface area (Å²) in [6.07, 6.45) is 7.60. The van der Waals surface area contributed by atoms with Crippen LogP contribution in [0.1, 0.15) is 87.5 Å². The van der Waals surface area contributed by atoms with Gasteiger partial charge in [-0.25, -0.2) is 0 Å². The summed E-state index contributed by atoms with van der Waals surface area (Å²) in [5, 5.41) is 0. The fourth-order valence-electron chi connectivity index (χ4n) is 6.76. The monoisotopic (exact) mass is 318 g/mol. The second-order valence-corrected chi connectivity index (χ2v) is 11.2. The lowest BCUT2D eigenvalue weighted by Crippen LogP contribution is -2.43. The van der Waals surface area contributed by atoms with Crippen molar-refractivity contribution < 1.29 is 0 Å². The smallest absolute Gasteiger partial charge is 0.0266 e. The largest absolute Gasteiger partial charge is 0.0625 e. The van der Waals surface area contributed by atoms with Crippen LogP contribution >= 0.6 is 0 Å². The van der Waals surface area contributed by atoms with Crippen molar-refractivity contribution in [3.05, 3.63) is 0 Å². The quantitative estimate of drug-likeness (QED) is 0.492. The maximum atomic E-state index is 2.53. The molecule has 0 saturated heterocycles. The summed E-state index contributed by atoms with van der Waals surface area (Å²) in [6, 6.07) is 0. The maximum absolute atomic E-state index is 2.53. The first-order chi connectivity index (χ1) is 10.6. The zero-order valence-electron chi connectivity index (χ0n) is 17.2. The molecule has 3 aliphatic carbocycles.